The molecule has 5 heteroatoms. The Morgan fingerprint density at radius 2 is 2.17 bits per heavy atom. The molecule has 0 aliphatic carbocycles. The predicted octanol–water partition coefficient (Wildman–Crippen LogP) is 2.66. The lowest BCUT2D eigenvalue weighted by Gasteiger charge is -2.18. The average molecular weight is 258 g/mol. The SMILES string of the molecule is Cc1ccc(C#N)c(N(C)Cc2cnc(C)s2)n1. The fourth-order valence-corrected chi connectivity index (χ4v) is 2.56. The summed E-state index contributed by atoms with van der Waals surface area (Å²) in [5, 5.41) is 10.2. The van der Waals surface area contributed by atoms with Crippen LogP contribution in [0.25, 0.3) is 0 Å². The summed E-state index contributed by atoms with van der Waals surface area (Å²) in [6.07, 6.45) is 1.87. The van der Waals surface area contributed by atoms with E-state index in [1.54, 1.807) is 11.3 Å². The van der Waals surface area contributed by atoms with Gasteiger partial charge in [-0.25, -0.2) is 9.97 Å². The monoisotopic (exact) mass is 258 g/mol. The van der Waals surface area contributed by atoms with E-state index in [0.717, 1.165) is 23.1 Å². The Bertz CT molecular complexity index is 597. The van der Waals surface area contributed by atoms with E-state index in [4.69, 9.17) is 5.26 Å². The van der Waals surface area contributed by atoms with Crippen LogP contribution in [0.5, 0.6) is 0 Å². The number of nitrogens with zero attached hydrogens (tertiary/aromatic N) is 4. The number of rotatable bonds is 3. The van der Waals surface area contributed by atoms with Gasteiger partial charge in [-0.05, 0) is 26.0 Å². The number of hydrogen-bond donors (Lipinski definition) is 0. The second-order valence-electron chi connectivity index (χ2n) is 4.14. The summed E-state index contributed by atoms with van der Waals surface area (Å²) in [5.74, 6) is 0.726. The second-order valence-corrected chi connectivity index (χ2v) is 5.46. The largest absolute Gasteiger partial charge is 0.353 e. The van der Waals surface area contributed by atoms with Gasteiger partial charge in [0.05, 0.1) is 17.1 Å². The van der Waals surface area contributed by atoms with Crippen molar-refractivity contribution in [2.24, 2.45) is 0 Å². The Labute approximate surface area is 111 Å². The molecule has 0 saturated heterocycles. The van der Waals surface area contributed by atoms with Gasteiger partial charge >= 0.3 is 0 Å². The van der Waals surface area contributed by atoms with Crippen LogP contribution in [-0.4, -0.2) is 17.0 Å². The number of thiazole rings is 1. The van der Waals surface area contributed by atoms with Crippen molar-refractivity contribution in [3.63, 3.8) is 0 Å². The summed E-state index contributed by atoms with van der Waals surface area (Å²) >= 11 is 1.66. The first-order valence-electron chi connectivity index (χ1n) is 5.60. The molecule has 0 N–H and O–H groups in total. The maximum atomic E-state index is 9.10. The maximum Gasteiger partial charge on any atom is 0.146 e. The van der Waals surface area contributed by atoms with Crippen LogP contribution < -0.4 is 4.90 Å². The van der Waals surface area contributed by atoms with E-state index in [1.807, 2.05) is 44.1 Å². The molecule has 2 aromatic rings. The van der Waals surface area contributed by atoms with E-state index < -0.39 is 0 Å². The van der Waals surface area contributed by atoms with E-state index in [9.17, 15) is 0 Å². The van der Waals surface area contributed by atoms with Crippen LogP contribution in [0.2, 0.25) is 0 Å². The summed E-state index contributed by atoms with van der Waals surface area (Å²) < 4.78 is 0. The van der Waals surface area contributed by atoms with Gasteiger partial charge in [0.1, 0.15) is 11.9 Å². The third kappa shape index (κ3) is 2.66. The number of nitriles is 1. The van der Waals surface area contributed by atoms with Crippen LogP contribution in [0, 0.1) is 25.2 Å². The van der Waals surface area contributed by atoms with Gasteiger partial charge in [-0.1, -0.05) is 0 Å². The maximum absolute atomic E-state index is 9.10. The predicted molar refractivity (Wildman–Crippen MR) is 72.6 cm³/mol. The molecule has 0 aliphatic rings. The minimum atomic E-state index is 0.601. The highest BCUT2D eigenvalue weighted by Crippen LogP contribution is 2.20. The van der Waals surface area contributed by atoms with Gasteiger partial charge in [0.25, 0.3) is 0 Å². The number of aryl methyl sites for hydroxylation is 2. The van der Waals surface area contributed by atoms with E-state index in [2.05, 4.69) is 16.0 Å². The van der Waals surface area contributed by atoms with E-state index in [-0.39, 0.29) is 0 Å². The first-order chi connectivity index (χ1) is 8.60. The summed E-state index contributed by atoms with van der Waals surface area (Å²) in [4.78, 5) is 11.8. The number of aromatic nitrogens is 2. The summed E-state index contributed by atoms with van der Waals surface area (Å²) in [7, 11) is 1.94. The van der Waals surface area contributed by atoms with Crippen molar-refractivity contribution in [3.05, 3.63) is 39.5 Å². The molecule has 0 saturated carbocycles. The molecular formula is C13H14N4S. The standard InChI is InChI=1S/C13H14N4S/c1-9-4-5-11(6-14)13(16-9)17(3)8-12-7-15-10(2)18-12/h4-5,7H,8H2,1-3H3. The molecule has 2 heterocycles. The van der Waals surface area contributed by atoms with Crippen LogP contribution >= 0.6 is 11.3 Å². The van der Waals surface area contributed by atoms with Gasteiger partial charge < -0.3 is 4.90 Å². The number of pyridine rings is 1. The number of hydrogen-bond acceptors (Lipinski definition) is 5. The van der Waals surface area contributed by atoms with Crippen LogP contribution in [0.1, 0.15) is 21.1 Å². The Morgan fingerprint density at radius 1 is 1.39 bits per heavy atom. The fourth-order valence-electron chi connectivity index (χ4n) is 1.71. The van der Waals surface area contributed by atoms with Crippen molar-refractivity contribution < 1.29 is 0 Å². The Kier molecular flexibility index (Phi) is 3.58. The summed E-state index contributed by atoms with van der Waals surface area (Å²) in [5.41, 5.74) is 1.51. The zero-order valence-corrected chi connectivity index (χ0v) is 11.5. The van der Waals surface area contributed by atoms with Crippen LogP contribution in [0.15, 0.2) is 18.3 Å². The molecule has 92 valence electrons. The zero-order valence-electron chi connectivity index (χ0n) is 10.6. The molecule has 0 bridgehead atoms. The molecule has 0 aromatic carbocycles. The fraction of sp³-hybridized carbons (Fsp3) is 0.308. The van der Waals surface area contributed by atoms with Gasteiger partial charge in [0.2, 0.25) is 0 Å². The third-order valence-electron chi connectivity index (χ3n) is 2.56. The molecule has 0 aliphatic heterocycles. The normalized spacial score (nSPS) is 10.1. The van der Waals surface area contributed by atoms with Gasteiger partial charge in [-0.2, -0.15) is 5.26 Å². The van der Waals surface area contributed by atoms with Crippen LogP contribution in [0.3, 0.4) is 0 Å². The van der Waals surface area contributed by atoms with Gasteiger partial charge in [-0.3, -0.25) is 0 Å². The highest BCUT2D eigenvalue weighted by atomic mass is 32.1. The van der Waals surface area contributed by atoms with Crippen molar-refractivity contribution in [1.82, 2.24) is 9.97 Å². The molecule has 0 atom stereocenters. The first kappa shape index (κ1) is 12.5. The summed E-state index contributed by atoms with van der Waals surface area (Å²) in [6.45, 7) is 4.63. The lowest BCUT2D eigenvalue weighted by molar-refractivity contribution is 0.900. The van der Waals surface area contributed by atoms with E-state index in [1.165, 1.54) is 4.88 Å². The van der Waals surface area contributed by atoms with Crippen molar-refractivity contribution in [3.8, 4) is 6.07 Å². The molecule has 2 rings (SSSR count). The van der Waals surface area contributed by atoms with E-state index in [0.29, 0.717) is 5.56 Å². The lowest BCUT2D eigenvalue weighted by atomic mass is 10.2. The van der Waals surface area contributed by atoms with Gasteiger partial charge in [0.15, 0.2) is 0 Å². The van der Waals surface area contributed by atoms with Crippen molar-refractivity contribution in [2.75, 3.05) is 11.9 Å². The highest BCUT2D eigenvalue weighted by Gasteiger charge is 2.11. The number of anilines is 1. The average Bonchev–Trinajstić information content (AvgIpc) is 2.74. The Morgan fingerprint density at radius 3 is 2.78 bits per heavy atom. The minimum Gasteiger partial charge on any atom is -0.353 e. The van der Waals surface area contributed by atoms with Crippen molar-refractivity contribution in [2.45, 2.75) is 20.4 Å². The molecule has 18 heavy (non-hydrogen) atoms. The molecule has 0 radical (unpaired) electrons. The molecular weight excluding hydrogens is 244 g/mol. The molecule has 0 fully saturated rings. The van der Waals surface area contributed by atoms with Crippen molar-refractivity contribution in [1.29, 1.82) is 5.26 Å². The van der Waals surface area contributed by atoms with Crippen molar-refractivity contribution >= 4 is 17.2 Å². The molecule has 2 aromatic heterocycles. The smallest absolute Gasteiger partial charge is 0.146 e. The molecule has 0 unspecified atom stereocenters. The first-order valence-corrected chi connectivity index (χ1v) is 6.42. The minimum absolute atomic E-state index is 0.601. The van der Waals surface area contributed by atoms with Crippen LogP contribution in [-0.2, 0) is 6.54 Å². The highest BCUT2D eigenvalue weighted by molar-refractivity contribution is 7.11. The molecule has 4 nitrogen and oxygen atoms in total. The topological polar surface area (TPSA) is 52.8 Å². The van der Waals surface area contributed by atoms with Gasteiger partial charge in [-0.15, -0.1) is 11.3 Å². The Balaban J connectivity index is 2.26. The third-order valence-corrected chi connectivity index (χ3v) is 3.46. The summed E-state index contributed by atoms with van der Waals surface area (Å²) in [6, 6.07) is 5.84. The van der Waals surface area contributed by atoms with E-state index >= 15 is 0 Å². The molecule has 0 spiro atoms. The lowest BCUT2D eigenvalue weighted by Crippen LogP contribution is -2.18. The second kappa shape index (κ2) is 5.15. The zero-order chi connectivity index (χ0) is 13.1. The Hall–Kier alpha value is -1.93. The quantitative estimate of drug-likeness (QED) is 0.849. The molecule has 0 amide bonds. The van der Waals surface area contributed by atoms with Crippen LogP contribution in [0.4, 0.5) is 5.82 Å². The van der Waals surface area contributed by atoms with Gasteiger partial charge in [0, 0.05) is 23.8 Å².